The Morgan fingerprint density at radius 2 is 2.17 bits per heavy atom. The van der Waals surface area contributed by atoms with Crippen molar-refractivity contribution in [1.82, 2.24) is 0 Å². The van der Waals surface area contributed by atoms with Crippen LogP contribution < -0.4 is 9.47 Å². The number of carboxylic acids is 1. The Morgan fingerprint density at radius 1 is 1.37 bits per heavy atom. The zero-order chi connectivity index (χ0) is 21.3. The van der Waals surface area contributed by atoms with Crippen LogP contribution >= 0.6 is 0 Å². The lowest BCUT2D eigenvalue weighted by atomic mass is 9.47. The van der Waals surface area contributed by atoms with Crippen LogP contribution in [0, 0.1) is 5.92 Å². The molecule has 4 aliphatic rings. The third-order valence-electron chi connectivity index (χ3n) is 7.34. The summed E-state index contributed by atoms with van der Waals surface area (Å²) in [5, 5.41) is 30.2. The second-order valence-corrected chi connectivity index (χ2v) is 8.66. The van der Waals surface area contributed by atoms with E-state index in [9.17, 15) is 19.8 Å². The van der Waals surface area contributed by atoms with E-state index >= 15 is 0 Å². The molecule has 1 aliphatic heterocycles. The van der Waals surface area contributed by atoms with Crippen molar-refractivity contribution in [3.8, 4) is 11.5 Å². The monoisotopic (exact) mass is 416 g/mol. The Kier molecular flexibility index (Phi) is 4.17. The summed E-state index contributed by atoms with van der Waals surface area (Å²) in [5.74, 6) is -0.864. The van der Waals surface area contributed by atoms with Crippen molar-refractivity contribution in [2.45, 2.75) is 61.7 Å². The van der Waals surface area contributed by atoms with E-state index in [1.165, 1.54) is 0 Å². The first-order chi connectivity index (χ1) is 14.3. The maximum atomic E-state index is 12.3. The molecule has 30 heavy (non-hydrogen) atoms. The fraction of sp³-hybridized carbons (Fsp3) is 0.545. The molecule has 1 aromatic carbocycles. The van der Waals surface area contributed by atoms with Gasteiger partial charge in [-0.1, -0.05) is 12.5 Å². The number of aliphatic hydroxyl groups excluding tert-OH is 1. The van der Waals surface area contributed by atoms with Gasteiger partial charge in [-0.2, -0.15) is 0 Å². The van der Waals surface area contributed by atoms with E-state index in [2.05, 4.69) is 0 Å². The van der Waals surface area contributed by atoms with Crippen molar-refractivity contribution in [3.05, 3.63) is 35.1 Å². The van der Waals surface area contributed by atoms with Gasteiger partial charge in [0.15, 0.2) is 23.7 Å². The molecule has 1 saturated carbocycles. The molecular weight excluding hydrogens is 392 g/mol. The summed E-state index contributed by atoms with van der Waals surface area (Å²) in [7, 11) is 1.56. The summed E-state index contributed by atoms with van der Waals surface area (Å²) in [6, 6.07) is 3.89. The molecule has 0 aromatic heterocycles. The molecule has 1 fully saturated rings. The first-order valence-electron chi connectivity index (χ1n) is 10.2. The first-order valence-corrected chi connectivity index (χ1v) is 10.2. The maximum absolute atomic E-state index is 12.3. The molecule has 0 unspecified atom stereocenters. The molecule has 5 atom stereocenters. The van der Waals surface area contributed by atoms with E-state index in [-0.39, 0.29) is 11.7 Å². The molecule has 0 radical (unpaired) electrons. The molecule has 0 saturated heterocycles. The third-order valence-corrected chi connectivity index (χ3v) is 7.34. The van der Waals surface area contributed by atoms with E-state index in [1.807, 2.05) is 12.1 Å². The number of methoxy groups -OCH3 is 1. The van der Waals surface area contributed by atoms with E-state index < -0.39 is 41.6 Å². The Balaban J connectivity index is 1.58. The molecule has 1 spiro atoms. The topological polar surface area (TPSA) is 123 Å². The molecule has 8 heteroatoms. The molecule has 3 N–H and O–H groups in total. The summed E-state index contributed by atoms with van der Waals surface area (Å²) in [4.78, 5) is 23.2. The lowest BCUT2D eigenvalue weighted by Gasteiger charge is -2.59. The summed E-state index contributed by atoms with van der Waals surface area (Å²) in [5.41, 5.74) is 0.300. The normalized spacial score (nSPS) is 33.6. The lowest BCUT2D eigenvalue weighted by Crippen LogP contribution is -2.67. The van der Waals surface area contributed by atoms with Crippen LogP contribution in [0.15, 0.2) is 24.0 Å². The van der Waals surface area contributed by atoms with E-state index in [1.54, 1.807) is 13.2 Å². The van der Waals surface area contributed by atoms with Crippen molar-refractivity contribution in [1.29, 1.82) is 0 Å². The number of carboxylic acid groups (broad SMARTS) is 1. The number of aliphatic carboxylic acids is 1. The van der Waals surface area contributed by atoms with Gasteiger partial charge in [0.25, 0.3) is 0 Å². The summed E-state index contributed by atoms with van der Waals surface area (Å²) >= 11 is 0. The van der Waals surface area contributed by atoms with Crippen molar-refractivity contribution >= 4 is 11.9 Å². The first kappa shape index (κ1) is 19.4. The van der Waals surface area contributed by atoms with E-state index in [0.29, 0.717) is 24.3 Å². The quantitative estimate of drug-likeness (QED) is 0.617. The fourth-order valence-corrected chi connectivity index (χ4v) is 6.10. The van der Waals surface area contributed by atoms with Gasteiger partial charge in [0.05, 0.1) is 24.5 Å². The van der Waals surface area contributed by atoms with Crippen molar-refractivity contribution < 1.29 is 39.1 Å². The minimum atomic E-state index is -1.83. The van der Waals surface area contributed by atoms with Crippen LogP contribution in [0.2, 0.25) is 0 Å². The van der Waals surface area contributed by atoms with Gasteiger partial charge < -0.3 is 29.5 Å². The van der Waals surface area contributed by atoms with Crippen LogP contribution in [0.5, 0.6) is 11.5 Å². The van der Waals surface area contributed by atoms with Crippen LogP contribution in [0.4, 0.5) is 0 Å². The molecule has 1 heterocycles. The minimum absolute atomic E-state index is 0.0755. The maximum Gasteiger partial charge on any atom is 0.333 e. The number of hydrogen-bond acceptors (Lipinski definition) is 7. The van der Waals surface area contributed by atoms with Gasteiger partial charge in [-0.3, -0.25) is 4.79 Å². The predicted molar refractivity (Wildman–Crippen MR) is 102 cm³/mol. The van der Waals surface area contributed by atoms with Crippen LogP contribution in [0.3, 0.4) is 0 Å². The number of rotatable bonds is 5. The van der Waals surface area contributed by atoms with Crippen LogP contribution in [0.25, 0.3) is 0 Å². The number of ether oxygens (including phenoxy) is 3. The van der Waals surface area contributed by atoms with Gasteiger partial charge >= 0.3 is 11.9 Å². The van der Waals surface area contributed by atoms with Crippen LogP contribution in [-0.2, 0) is 26.2 Å². The second kappa shape index (κ2) is 6.46. The van der Waals surface area contributed by atoms with Crippen LogP contribution in [0.1, 0.15) is 43.2 Å². The number of carbonyl (C=O) groups is 2. The minimum Gasteiger partial charge on any atom is -0.493 e. The number of benzene rings is 1. The number of hydrogen-bond donors (Lipinski definition) is 3. The summed E-state index contributed by atoms with van der Waals surface area (Å²) in [6.45, 7) is 0. The average Bonchev–Trinajstić information content (AvgIpc) is 3.04. The standard InChI is InChI=1S/C22H24O8/c1-28-14-5-4-11-9-12-3-2-7-21-17(11)18(14)30-19(21)15(6-8-22(12,21)27)29-16(24)10-13(23)20(25)26/h4-6,12-13,19,23,27H,2-3,7-10H2,1H3,(H,25,26)/t12-,13+,19+,21+,22-/m1/s1. The Hall–Kier alpha value is -2.58. The van der Waals surface area contributed by atoms with E-state index in [0.717, 1.165) is 30.4 Å². The number of aliphatic hydroxyl groups is 2. The molecule has 5 rings (SSSR count). The summed E-state index contributed by atoms with van der Waals surface area (Å²) < 4.78 is 17.3. The highest BCUT2D eigenvalue weighted by Gasteiger charge is 2.70. The zero-order valence-corrected chi connectivity index (χ0v) is 16.6. The highest BCUT2D eigenvalue weighted by atomic mass is 16.6. The Morgan fingerprint density at radius 3 is 2.90 bits per heavy atom. The highest BCUT2D eigenvalue weighted by molar-refractivity contribution is 5.81. The Bertz CT molecular complexity index is 968. The fourth-order valence-electron chi connectivity index (χ4n) is 6.10. The molecular formula is C22H24O8. The van der Waals surface area contributed by atoms with Gasteiger partial charge in [-0.25, -0.2) is 4.79 Å². The van der Waals surface area contributed by atoms with Gasteiger partial charge in [-0.05, 0) is 49.3 Å². The third kappa shape index (κ3) is 2.34. The zero-order valence-electron chi connectivity index (χ0n) is 16.6. The number of esters is 1. The van der Waals surface area contributed by atoms with Gasteiger partial charge in [0, 0.05) is 5.56 Å². The van der Waals surface area contributed by atoms with Gasteiger partial charge in [0.2, 0.25) is 0 Å². The van der Waals surface area contributed by atoms with Gasteiger partial charge in [-0.15, -0.1) is 0 Å². The van der Waals surface area contributed by atoms with Crippen molar-refractivity contribution in [3.63, 3.8) is 0 Å². The highest BCUT2D eigenvalue weighted by Crippen LogP contribution is 2.67. The van der Waals surface area contributed by atoms with Gasteiger partial charge in [0.1, 0.15) is 5.76 Å². The lowest BCUT2D eigenvalue weighted by molar-refractivity contribution is -0.163. The molecule has 8 nitrogen and oxygen atoms in total. The van der Waals surface area contributed by atoms with Crippen LogP contribution in [-0.4, -0.2) is 52.2 Å². The number of carbonyl (C=O) groups excluding carboxylic acids is 1. The molecule has 160 valence electrons. The van der Waals surface area contributed by atoms with Crippen molar-refractivity contribution in [2.24, 2.45) is 5.92 Å². The van der Waals surface area contributed by atoms with E-state index in [4.69, 9.17) is 19.3 Å². The predicted octanol–water partition coefficient (Wildman–Crippen LogP) is 1.45. The molecule has 2 bridgehead atoms. The smallest absolute Gasteiger partial charge is 0.333 e. The SMILES string of the molecule is COc1ccc2c3c1O[C@H]1C(OC(=O)C[C@H](O)C(=O)O)=CC[C@@]4(O)[C@H](CCC[C@]314)C2. The second-order valence-electron chi connectivity index (χ2n) is 8.66. The molecule has 0 amide bonds. The Labute approximate surface area is 173 Å². The summed E-state index contributed by atoms with van der Waals surface area (Å²) in [6.07, 6.45) is 2.06. The van der Waals surface area contributed by atoms with Crippen molar-refractivity contribution in [2.75, 3.05) is 7.11 Å². The largest absolute Gasteiger partial charge is 0.493 e. The average molecular weight is 416 g/mol. The molecule has 3 aliphatic carbocycles. The molecule has 1 aromatic rings.